The molecule has 0 bridgehead atoms. The molecule has 6 nitrogen and oxygen atoms in total. The smallest absolute Gasteiger partial charge is 0.161 e. The van der Waals surface area contributed by atoms with Crippen LogP contribution in [0.4, 0.5) is 0 Å². The van der Waals surface area contributed by atoms with Crippen LogP contribution in [0.1, 0.15) is 86.0 Å². The van der Waals surface area contributed by atoms with Crippen molar-refractivity contribution in [3.05, 3.63) is 94.3 Å². The van der Waals surface area contributed by atoms with Gasteiger partial charge in [0.1, 0.15) is 17.9 Å². The second-order valence-corrected chi connectivity index (χ2v) is 9.94. The van der Waals surface area contributed by atoms with Gasteiger partial charge >= 0.3 is 0 Å². The van der Waals surface area contributed by atoms with Gasteiger partial charge in [0.15, 0.2) is 11.6 Å². The second kappa shape index (κ2) is 13.0. The minimum absolute atomic E-state index is 0.112. The molecule has 1 saturated carbocycles. The van der Waals surface area contributed by atoms with Crippen LogP contribution in [0, 0.1) is 0 Å². The van der Waals surface area contributed by atoms with E-state index in [1.165, 1.54) is 0 Å². The Morgan fingerprint density at radius 3 is 1.50 bits per heavy atom. The summed E-state index contributed by atoms with van der Waals surface area (Å²) in [5.74, 6) is 0.468. The first-order valence-electron chi connectivity index (χ1n) is 13.4. The van der Waals surface area contributed by atoms with Crippen LogP contribution >= 0.6 is 0 Å². The molecule has 38 heavy (non-hydrogen) atoms. The summed E-state index contributed by atoms with van der Waals surface area (Å²) in [5.41, 5.74) is 5.58. The molecule has 2 aromatic carbocycles. The zero-order valence-electron chi connectivity index (χ0n) is 21.5. The third-order valence-corrected chi connectivity index (χ3v) is 7.17. The summed E-state index contributed by atoms with van der Waals surface area (Å²) in [6, 6.07) is 19.1. The van der Waals surface area contributed by atoms with Gasteiger partial charge in [-0.15, -0.1) is 0 Å². The van der Waals surface area contributed by atoms with Gasteiger partial charge in [0.25, 0.3) is 0 Å². The van der Waals surface area contributed by atoms with E-state index in [1.807, 2.05) is 48.5 Å². The summed E-state index contributed by atoms with van der Waals surface area (Å²) < 4.78 is 0. The van der Waals surface area contributed by atoms with Crippen LogP contribution < -0.4 is 5.32 Å². The van der Waals surface area contributed by atoms with Crippen molar-refractivity contribution >= 4 is 29.4 Å². The number of carbonyl (C=O) groups excluding carboxylic acids is 5. The minimum Gasteiger partial charge on any atom is -0.362 e. The molecule has 6 heteroatoms. The fourth-order valence-corrected chi connectivity index (χ4v) is 5.37. The highest BCUT2D eigenvalue weighted by Gasteiger charge is 2.39. The summed E-state index contributed by atoms with van der Waals surface area (Å²) >= 11 is 0. The Balaban J connectivity index is 0.000000172. The number of rotatable bonds is 2. The molecule has 1 aliphatic heterocycles. The number of ketones is 4. The molecule has 2 aromatic rings. The van der Waals surface area contributed by atoms with Crippen molar-refractivity contribution in [3.8, 4) is 0 Å². The van der Waals surface area contributed by atoms with E-state index in [-0.39, 0.29) is 35.5 Å². The minimum atomic E-state index is -0.159. The molecular weight excluding hydrogens is 478 g/mol. The highest BCUT2D eigenvalue weighted by molar-refractivity contribution is 6.06. The van der Waals surface area contributed by atoms with Gasteiger partial charge in [-0.3, -0.25) is 24.0 Å². The van der Waals surface area contributed by atoms with Crippen molar-refractivity contribution in [2.45, 2.75) is 70.1 Å². The first-order valence-corrected chi connectivity index (χ1v) is 13.4. The Morgan fingerprint density at radius 1 is 0.605 bits per heavy atom. The van der Waals surface area contributed by atoms with E-state index in [2.05, 4.69) is 5.32 Å². The van der Waals surface area contributed by atoms with Crippen molar-refractivity contribution < 1.29 is 24.0 Å². The molecule has 1 N–H and O–H groups in total. The third kappa shape index (κ3) is 6.68. The van der Waals surface area contributed by atoms with Crippen LogP contribution in [0.25, 0.3) is 0 Å². The molecule has 4 aliphatic rings. The second-order valence-electron chi connectivity index (χ2n) is 9.94. The maximum Gasteiger partial charge on any atom is 0.161 e. The third-order valence-electron chi connectivity index (χ3n) is 7.17. The zero-order valence-corrected chi connectivity index (χ0v) is 21.5. The lowest BCUT2D eigenvalue weighted by Crippen LogP contribution is -2.36. The fourth-order valence-electron chi connectivity index (χ4n) is 5.37. The maximum absolute atomic E-state index is 12.6. The van der Waals surface area contributed by atoms with E-state index < -0.39 is 0 Å². The molecule has 0 unspecified atom stereocenters. The summed E-state index contributed by atoms with van der Waals surface area (Å²) in [6.07, 6.45) is 7.87. The van der Waals surface area contributed by atoms with Gasteiger partial charge in [-0.2, -0.15) is 0 Å². The van der Waals surface area contributed by atoms with Gasteiger partial charge in [0.05, 0.1) is 6.42 Å². The van der Waals surface area contributed by atoms with Crippen molar-refractivity contribution in [2.24, 2.45) is 0 Å². The maximum atomic E-state index is 12.6. The average molecular weight is 512 g/mol. The normalized spacial score (nSPS) is 19.3. The molecule has 0 saturated heterocycles. The van der Waals surface area contributed by atoms with Gasteiger partial charge in [-0.1, -0.05) is 60.7 Å². The summed E-state index contributed by atoms with van der Waals surface area (Å²) in [4.78, 5) is 56.0. The number of allylic oxidation sites excluding steroid dienone is 4. The van der Waals surface area contributed by atoms with Crippen LogP contribution in [0.15, 0.2) is 83.2 Å². The lowest BCUT2D eigenvalue weighted by Gasteiger charge is -2.37. The topological polar surface area (TPSA) is 97.4 Å². The Bertz CT molecular complexity index is 1220. The molecule has 0 radical (unpaired) electrons. The van der Waals surface area contributed by atoms with E-state index in [1.54, 1.807) is 12.1 Å². The van der Waals surface area contributed by atoms with Crippen LogP contribution in [0.5, 0.6) is 0 Å². The van der Waals surface area contributed by atoms with E-state index in [9.17, 15) is 24.0 Å². The fraction of sp³-hybridized carbons (Fsp3) is 0.344. The van der Waals surface area contributed by atoms with Crippen LogP contribution in [-0.4, -0.2) is 29.4 Å². The van der Waals surface area contributed by atoms with Crippen LogP contribution in [0.3, 0.4) is 0 Å². The van der Waals surface area contributed by atoms with Crippen LogP contribution in [-0.2, 0) is 19.2 Å². The number of nitrogens with one attached hydrogen (secondary N) is 1. The van der Waals surface area contributed by atoms with Gasteiger partial charge in [-0.25, -0.2) is 0 Å². The SMILES string of the molecule is O=C1CCCC(=O)C1.O=C1CCCC2=C1C(c1ccccc1)C1=C(CCCC1=O)N2.O=Cc1ccccc1. The Kier molecular flexibility index (Phi) is 9.30. The zero-order chi connectivity index (χ0) is 26.9. The van der Waals surface area contributed by atoms with E-state index in [0.29, 0.717) is 25.7 Å². The first kappa shape index (κ1) is 27.1. The van der Waals surface area contributed by atoms with Gasteiger partial charge < -0.3 is 5.32 Å². The Hall–Kier alpha value is -3.93. The molecule has 196 valence electrons. The number of Topliss-reactive ketones (excluding diaryl/α,β-unsaturated/α-hetero) is 4. The quantitative estimate of drug-likeness (QED) is 0.417. The van der Waals surface area contributed by atoms with Gasteiger partial charge in [0, 0.05) is 59.7 Å². The Morgan fingerprint density at radius 2 is 1.08 bits per heavy atom. The van der Waals surface area contributed by atoms with E-state index >= 15 is 0 Å². The highest BCUT2D eigenvalue weighted by atomic mass is 16.2. The number of dihydropyridines is 1. The van der Waals surface area contributed by atoms with E-state index in [4.69, 9.17) is 0 Å². The van der Waals surface area contributed by atoms with Crippen molar-refractivity contribution in [1.29, 1.82) is 0 Å². The molecule has 0 amide bonds. The first-order chi connectivity index (χ1) is 18.5. The predicted octanol–water partition coefficient (Wildman–Crippen LogP) is 5.59. The molecule has 0 aromatic heterocycles. The average Bonchev–Trinajstić information content (AvgIpc) is 2.94. The molecule has 6 rings (SSSR count). The molecule has 0 atom stereocenters. The number of carbonyl (C=O) groups is 5. The molecule has 1 fully saturated rings. The number of benzene rings is 2. The molecule has 1 heterocycles. The summed E-state index contributed by atoms with van der Waals surface area (Å²) in [6.45, 7) is 0. The highest BCUT2D eigenvalue weighted by Crippen LogP contribution is 2.44. The van der Waals surface area contributed by atoms with Crippen LogP contribution in [0.2, 0.25) is 0 Å². The summed E-state index contributed by atoms with van der Waals surface area (Å²) in [7, 11) is 0. The molecule has 0 spiro atoms. The lowest BCUT2D eigenvalue weighted by molar-refractivity contribution is -0.129. The summed E-state index contributed by atoms with van der Waals surface area (Å²) in [5, 5.41) is 3.44. The predicted molar refractivity (Wildman–Crippen MR) is 144 cm³/mol. The number of hydrogen-bond donors (Lipinski definition) is 1. The lowest BCUT2D eigenvalue weighted by atomic mass is 9.72. The van der Waals surface area contributed by atoms with Crippen molar-refractivity contribution in [3.63, 3.8) is 0 Å². The largest absolute Gasteiger partial charge is 0.362 e. The van der Waals surface area contributed by atoms with E-state index in [0.717, 1.165) is 72.1 Å². The number of aldehydes is 1. The van der Waals surface area contributed by atoms with Gasteiger partial charge in [-0.05, 0) is 37.7 Å². The van der Waals surface area contributed by atoms with Crippen molar-refractivity contribution in [1.82, 2.24) is 5.32 Å². The molecule has 3 aliphatic carbocycles. The van der Waals surface area contributed by atoms with Crippen molar-refractivity contribution in [2.75, 3.05) is 0 Å². The molecular formula is C32H33NO5. The van der Waals surface area contributed by atoms with Gasteiger partial charge in [0.2, 0.25) is 0 Å². The monoisotopic (exact) mass is 511 g/mol. The standard InChI is InChI=1S/C19H19NO2.C7H6O.C6H8O2/c21-15-10-4-8-13-18(15)17(12-6-2-1-3-7-12)19-14(20-13)9-5-11-16(19)22;8-6-7-4-2-1-3-5-7;7-5-2-1-3-6(8)4-5/h1-3,6-7,17,20H,4-5,8-11H2;1-6H;1-4H2. The number of hydrogen-bond acceptors (Lipinski definition) is 6. The Labute approximate surface area is 223 Å².